The Morgan fingerprint density at radius 1 is 0.913 bits per heavy atom. The normalized spacial score (nSPS) is 10.9. The molecule has 1 aromatic rings. The molecular formula is C20H35NOS. The molecule has 0 saturated carbocycles. The lowest BCUT2D eigenvalue weighted by molar-refractivity contribution is -0.130. The van der Waals surface area contributed by atoms with Gasteiger partial charge < -0.3 is 4.90 Å². The third kappa shape index (κ3) is 9.80. The summed E-state index contributed by atoms with van der Waals surface area (Å²) in [6.45, 7) is 6.38. The molecule has 1 rings (SSSR count). The maximum absolute atomic E-state index is 12.6. The van der Waals surface area contributed by atoms with E-state index >= 15 is 0 Å². The van der Waals surface area contributed by atoms with Crippen LogP contribution in [0.2, 0.25) is 0 Å². The van der Waals surface area contributed by atoms with Crippen LogP contribution in [-0.2, 0) is 11.2 Å². The minimum atomic E-state index is 0.318. The predicted molar refractivity (Wildman–Crippen MR) is 102 cm³/mol. The number of carbonyl (C=O) groups is 1. The van der Waals surface area contributed by atoms with E-state index in [4.69, 9.17) is 0 Å². The van der Waals surface area contributed by atoms with Gasteiger partial charge in [-0.25, -0.2) is 0 Å². The number of carbonyl (C=O) groups excluding carboxylic acids is 1. The maximum Gasteiger partial charge on any atom is 0.227 e. The van der Waals surface area contributed by atoms with Crippen LogP contribution in [0.3, 0.4) is 0 Å². The Hall–Kier alpha value is -0.830. The van der Waals surface area contributed by atoms with Crippen LogP contribution in [-0.4, -0.2) is 23.9 Å². The molecule has 0 atom stereocenters. The van der Waals surface area contributed by atoms with Gasteiger partial charge in [0.15, 0.2) is 0 Å². The molecule has 0 unspecified atom stereocenters. The molecule has 132 valence electrons. The second kappa shape index (κ2) is 13.6. The van der Waals surface area contributed by atoms with E-state index in [0.717, 1.165) is 25.9 Å². The number of unbranched alkanes of at least 4 members (excludes halogenated alkanes) is 8. The van der Waals surface area contributed by atoms with E-state index < -0.39 is 0 Å². The Morgan fingerprint density at radius 2 is 1.48 bits per heavy atom. The summed E-state index contributed by atoms with van der Waals surface area (Å²) in [5.41, 5.74) is 0. The molecule has 0 aliphatic carbocycles. The fourth-order valence-electron chi connectivity index (χ4n) is 2.85. The Balaban J connectivity index is 2.34. The third-order valence-corrected chi connectivity index (χ3v) is 5.20. The Bertz CT molecular complexity index is 374. The van der Waals surface area contributed by atoms with Crippen molar-refractivity contribution < 1.29 is 4.79 Å². The van der Waals surface area contributed by atoms with Gasteiger partial charge >= 0.3 is 0 Å². The number of hydrogen-bond donors (Lipinski definition) is 0. The fraction of sp³-hybridized carbons (Fsp3) is 0.750. The van der Waals surface area contributed by atoms with Crippen LogP contribution in [0.25, 0.3) is 0 Å². The SMILES string of the molecule is CCCCCCCN(CCCCCCC)C(=O)Cc1cccs1. The van der Waals surface area contributed by atoms with Crippen LogP contribution in [0.5, 0.6) is 0 Å². The number of thiophene rings is 1. The molecule has 0 bridgehead atoms. The van der Waals surface area contributed by atoms with E-state index in [1.165, 1.54) is 56.2 Å². The topological polar surface area (TPSA) is 20.3 Å². The van der Waals surface area contributed by atoms with E-state index in [-0.39, 0.29) is 0 Å². The second-order valence-corrected chi connectivity index (χ2v) is 7.50. The number of amides is 1. The summed E-state index contributed by atoms with van der Waals surface area (Å²) >= 11 is 1.69. The first kappa shape index (κ1) is 20.2. The largest absolute Gasteiger partial charge is 0.342 e. The highest BCUT2D eigenvalue weighted by molar-refractivity contribution is 7.10. The predicted octanol–water partition coefficient (Wildman–Crippen LogP) is 6.06. The summed E-state index contributed by atoms with van der Waals surface area (Å²) in [7, 11) is 0. The van der Waals surface area contributed by atoms with E-state index in [2.05, 4.69) is 30.2 Å². The van der Waals surface area contributed by atoms with Crippen molar-refractivity contribution in [2.75, 3.05) is 13.1 Å². The van der Waals surface area contributed by atoms with Gasteiger partial charge in [-0.3, -0.25) is 4.79 Å². The van der Waals surface area contributed by atoms with Crippen molar-refractivity contribution in [2.24, 2.45) is 0 Å². The molecule has 0 radical (unpaired) electrons. The Kier molecular flexibility index (Phi) is 11.9. The van der Waals surface area contributed by atoms with Crippen LogP contribution in [0, 0.1) is 0 Å². The lowest BCUT2D eigenvalue weighted by Crippen LogP contribution is -2.34. The van der Waals surface area contributed by atoms with E-state index in [1.807, 2.05) is 6.07 Å². The molecule has 1 heterocycles. The molecule has 3 heteroatoms. The smallest absolute Gasteiger partial charge is 0.227 e. The summed E-state index contributed by atoms with van der Waals surface area (Å²) in [5.74, 6) is 0.318. The van der Waals surface area contributed by atoms with Crippen molar-refractivity contribution in [2.45, 2.75) is 84.5 Å². The van der Waals surface area contributed by atoms with E-state index in [0.29, 0.717) is 12.3 Å². The lowest BCUT2D eigenvalue weighted by atomic mass is 10.1. The number of rotatable bonds is 14. The number of hydrogen-bond acceptors (Lipinski definition) is 2. The van der Waals surface area contributed by atoms with Crippen molar-refractivity contribution in [3.05, 3.63) is 22.4 Å². The van der Waals surface area contributed by atoms with Crippen molar-refractivity contribution in [3.8, 4) is 0 Å². The molecule has 0 saturated heterocycles. The molecule has 0 spiro atoms. The van der Waals surface area contributed by atoms with Crippen molar-refractivity contribution in [1.29, 1.82) is 0 Å². The van der Waals surface area contributed by atoms with Crippen LogP contribution in [0.15, 0.2) is 17.5 Å². The van der Waals surface area contributed by atoms with Crippen LogP contribution in [0.1, 0.15) is 82.9 Å². The summed E-state index contributed by atoms with van der Waals surface area (Å²) in [5, 5.41) is 2.06. The minimum absolute atomic E-state index is 0.318. The highest BCUT2D eigenvalue weighted by atomic mass is 32.1. The molecule has 23 heavy (non-hydrogen) atoms. The van der Waals surface area contributed by atoms with Gasteiger partial charge in [0, 0.05) is 18.0 Å². The molecule has 0 aliphatic rings. The average Bonchev–Trinajstić information content (AvgIpc) is 3.05. The molecule has 2 nitrogen and oxygen atoms in total. The van der Waals surface area contributed by atoms with Crippen molar-refractivity contribution in [1.82, 2.24) is 4.90 Å². The third-order valence-electron chi connectivity index (χ3n) is 4.32. The lowest BCUT2D eigenvalue weighted by Gasteiger charge is -2.22. The van der Waals surface area contributed by atoms with Crippen molar-refractivity contribution in [3.63, 3.8) is 0 Å². The highest BCUT2D eigenvalue weighted by Gasteiger charge is 2.14. The van der Waals surface area contributed by atoms with Gasteiger partial charge in [-0.15, -0.1) is 11.3 Å². The summed E-state index contributed by atoms with van der Waals surface area (Å²) in [6, 6.07) is 4.11. The van der Waals surface area contributed by atoms with Crippen LogP contribution < -0.4 is 0 Å². The highest BCUT2D eigenvalue weighted by Crippen LogP contribution is 2.13. The summed E-state index contributed by atoms with van der Waals surface area (Å²) in [6.07, 6.45) is 13.2. The molecular weight excluding hydrogens is 302 g/mol. The second-order valence-electron chi connectivity index (χ2n) is 6.47. The summed E-state index contributed by atoms with van der Waals surface area (Å²) in [4.78, 5) is 15.9. The molecule has 0 aromatic carbocycles. The van der Waals surface area contributed by atoms with Gasteiger partial charge in [0.25, 0.3) is 0 Å². The average molecular weight is 338 g/mol. The molecule has 0 N–H and O–H groups in total. The van der Waals surface area contributed by atoms with Crippen molar-refractivity contribution >= 4 is 17.2 Å². The fourth-order valence-corrected chi connectivity index (χ4v) is 3.54. The molecule has 0 fully saturated rings. The zero-order chi connectivity index (χ0) is 16.8. The van der Waals surface area contributed by atoms with Gasteiger partial charge in [0.2, 0.25) is 5.91 Å². The monoisotopic (exact) mass is 337 g/mol. The Morgan fingerprint density at radius 3 is 1.96 bits per heavy atom. The van der Waals surface area contributed by atoms with E-state index in [1.54, 1.807) is 11.3 Å². The van der Waals surface area contributed by atoms with Gasteiger partial charge in [0.05, 0.1) is 6.42 Å². The van der Waals surface area contributed by atoms with Gasteiger partial charge in [-0.05, 0) is 24.3 Å². The maximum atomic E-state index is 12.6. The van der Waals surface area contributed by atoms with Crippen LogP contribution in [0.4, 0.5) is 0 Å². The standard InChI is InChI=1S/C20H35NOS/c1-3-5-7-9-11-15-21(16-12-10-8-6-4-2)20(22)18-19-14-13-17-23-19/h13-14,17H,3-12,15-16,18H2,1-2H3. The first-order valence-corrected chi connectivity index (χ1v) is 10.5. The van der Waals surface area contributed by atoms with Gasteiger partial charge in [0.1, 0.15) is 0 Å². The first-order valence-electron chi connectivity index (χ1n) is 9.58. The zero-order valence-electron chi connectivity index (χ0n) is 15.2. The zero-order valence-corrected chi connectivity index (χ0v) is 16.0. The molecule has 1 aromatic heterocycles. The van der Waals surface area contributed by atoms with E-state index in [9.17, 15) is 4.79 Å². The summed E-state index contributed by atoms with van der Waals surface area (Å²) < 4.78 is 0. The molecule has 0 aliphatic heterocycles. The molecule has 1 amide bonds. The quantitative estimate of drug-likeness (QED) is 0.378. The first-order chi connectivity index (χ1) is 11.3. The van der Waals surface area contributed by atoms with Gasteiger partial charge in [-0.1, -0.05) is 71.3 Å². The van der Waals surface area contributed by atoms with Gasteiger partial charge in [-0.2, -0.15) is 0 Å². The minimum Gasteiger partial charge on any atom is -0.342 e. The Labute approximate surface area is 147 Å². The number of nitrogens with zero attached hydrogens (tertiary/aromatic N) is 1. The van der Waals surface area contributed by atoms with Crippen LogP contribution >= 0.6 is 11.3 Å².